The number of ether oxygens (including phenoxy) is 3. The number of carbonyl (C=O) groups is 1. The molecule has 4 aromatic rings. The molecule has 41 heavy (non-hydrogen) atoms. The molecular weight excluding hydrogens is 546 g/mol. The van der Waals surface area contributed by atoms with Crippen LogP contribution >= 0.6 is 10.8 Å². The highest BCUT2D eigenvalue weighted by Gasteiger charge is 2.35. The Hall–Kier alpha value is -3.71. The van der Waals surface area contributed by atoms with Crippen molar-refractivity contribution >= 4 is 27.8 Å². The number of fused-ring (bicyclic) bond motifs is 2. The highest BCUT2D eigenvalue weighted by atomic mass is 32.3. The van der Waals surface area contributed by atoms with Crippen LogP contribution in [0.5, 0.6) is 11.6 Å². The molecule has 0 radical (unpaired) electrons. The average molecular weight is 582 g/mol. The molecule has 5 rings (SSSR count). The fraction of sp³-hybridized carbons (Fsp3) is 0.379. The van der Waals surface area contributed by atoms with Gasteiger partial charge in [-0.1, -0.05) is 23.4 Å². The summed E-state index contributed by atoms with van der Waals surface area (Å²) in [5.74, 6) is 0.141. The third-order valence-corrected chi connectivity index (χ3v) is 9.17. The van der Waals surface area contributed by atoms with Crippen molar-refractivity contribution in [2.24, 2.45) is 7.05 Å². The van der Waals surface area contributed by atoms with Crippen molar-refractivity contribution in [2.75, 3.05) is 20.3 Å². The van der Waals surface area contributed by atoms with Gasteiger partial charge in [-0.15, -0.1) is 15.9 Å². The number of hydrogen-bond acceptors (Lipinski definition) is 10. The summed E-state index contributed by atoms with van der Waals surface area (Å²) >= 11 is 0. The van der Waals surface area contributed by atoms with Crippen LogP contribution in [0.1, 0.15) is 48.4 Å². The van der Waals surface area contributed by atoms with Crippen LogP contribution in [0.2, 0.25) is 0 Å². The van der Waals surface area contributed by atoms with Crippen LogP contribution in [-0.4, -0.2) is 65.7 Å². The predicted octanol–water partition coefficient (Wildman–Crippen LogP) is 5.07. The van der Waals surface area contributed by atoms with Gasteiger partial charge in [0.1, 0.15) is 27.8 Å². The molecular formula is C29H35N5O6S. The number of methoxy groups -OCH3 is 1. The van der Waals surface area contributed by atoms with Crippen molar-refractivity contribution in [3.8, 4) is 11.6 Å². The van der Waals surface area contributed by atoms with Crippen LogP contribution in [0.3, 0.4) is 0 Å². The van der Waals surface area contributed by atoms with E-state index in [1.54, 1.807) is 48.4 Å². The van der Waals surface area contributed by atoms with Crippen LogP contribution in [-0.2, 0) is 23.1 Å². The van der Waals surface area contributed by atoms with E-state index in [2.05, 4.69) is 15.3 Å². The van der Waals surface area contributed by atoms with Crippen LogP contribution in [0, 0.1) is 6.92 Å². The van der Waals surface area contributed by atoms with E-state index in [0.29, 0.717) is 11.3 Å². The summed E-state index contributed by atoms with van der Waals surface area (Å²) in [5.41, 5.74) is 4.99. The molecule has 1 aliphatic rings. The fourth-order valence-electron chi connectivity index (χ4n) is 5.20. The van der Waals surface area contributed by atoms with Gasteiger partial charge < -0.3 is 14.2 Å². The first-order chi connectivity index (χ1) is 19.6. The third-order valence-electron chi connectivity index (χ3n) is 7.27. The molecule has 11 nitrogen and oxygen atoms in total. The van der Waals surface area contributed by atoms with Gasteiger partial charge in [0, 0.05) is 25.7 Å². The summed E-state index contributed by atoms with van der Waals surface area (Å²) in [7, 11) is 0.0180. The van der Waals surface area contributed by atoms with Crippen LogP contribution in [0.25, 0.3) is 11.0 Å². The number of carbonyl (C=O) groups excluding carboxylic acids is 1. The van der Waals surface area contributed by atoms with Crippen LogP contribution in [0.15, 0.2) is 53.6 Å². The summed E-state index contributed by atoms with van der Waals surface area (Å²) < 4.78 is 43.0. The molecule has 0 aliphatic carbocycles. The minimum Gasteiger partial charge on any atom is -0.494 e. The Bertz CT molecular complexity index is 1570. The van der Waals surface area contributed by atoms with Gasteiger partial charge >= 0.3 is 5.97 Å². The minimum absolute atomic E-state index is 0.105. The molecule has 2 unspecified atom stereocenters. The smallest absolute Gasteiger partial charge is 0.306 e. The molecule has 1 aliphatic heterocycles. The monoisotopic (exact) mass is 581 g/mol. The standard InChI is InChI=1S/C29H35N5O6S/c1-6-39-27(35)15-23(21-13-24-28(25(14-21)38-5)33(4)32-31-24)20-10-9-18(2)22(12-20)17-34-16-19(3)40-29-26(41(34,36)37)8-7-11-30-29/h7-14,19,23,36-37H,6,15-17H2,1-5H3. The number of hydrogen-bond donors (Lipinski definition) is 2. The summed E-state index contributed by atoms with van der Waals surface area (Å²) in [4.78, 5) is 17.3. The first-order valence-corrected chi connectivity index (χ1v) is 14.9. The molecule has 0 saturated carbocycles. The Kier molecular flexibility index (Phi) is 8.18. The van der Waals surface area contributed by atoms with E-state index < -0.39 is 10.8 Å². The lowest BCUT2D eigenvalue weighted by molar-refractivity contribution is -0.143. The zero-order chi connectivity index (χ0) is 29.3. The fourth-order valence-corrected chi connectivity index (χ4v) is 6.81. The summed E-state index contributed by atoms with van der Waals surface area (Å²) in [5, 5.41) is 8.41. The predicted molar refractivity (Wildman–Crippen MR) is 155 cm³/mol. The molecule has 218 valence electrons. The Morgan fingerprint density at radius 3 is 2.78 bits per heavy atom. The molecule has 3 heterocycles. The molecule has 12 heteroatoms. The van der Waals surface area contributed by atoms with E-state index in [1.165, 1.54) is 0 Å². The third kappa shape index (κ3) is 5.73. The van der Waals surface area contributed by atoms with Crippen molar-refractivity contribution in [1.29, 1.82) is 0 Å². The molecule has 2 atom stereocenters. The van der Waals surface area contributed by atoms with Crippen LogP contribution in [0.4, 0.5) is 0 Å². The van der Waals surface area contributed by atoms with Gasteiger partial charge in [-0.3, -0.25) is 13.9 Å². The second kappa shape index (κ2) is 11.6. The van der Waals surface area contributed by atoms with E-state index in [9.17, 15) is 13.9 Å². The minimum atomic E-state index is -3.37. The SMILES string of the molecule is CCOC(=O)CC(c1ccc(C)c(CN2CC(C)Oc3ncccc3S2(O)O)c1)c1cc(OC)c2c(c1)nnn2C. The maximum Gasteiger partial charge on any atom is 0.306 e. The Morgan fingerprint density at radius 2 is 2.02 bits per heavy atom. The molecule has 2 aromatic heterocycles. The number of aromatic nitrogens is 4. The van der Waals surface area contributed by atoms with Crippen molar-refractivity contribution in [3.63, 3.8) is 0 Å². The first kappa shape index (κ1) is 28.8. The van der Waals surface area contributed by atoms with Gasteiger partial charge in [0.15, 0.2) is 0 Å². The Morgan fingerprint density at radius 1 is 1.22 bits per heavy atom. The lowest BCUT2D eigenvalue weighted by atomic mass is 9.86. The van der Waals surface area contributed by atoms with Crippen molar-refractivity contribution in [2.45, 2.75) is 50.7 Å². The van der Waals surface area contributed by atoms with E-state index in [4.69, 9.17) is 14.2 Å². The normalized spacial score (nSPS) is 18.2. The van der Waals surface area contributed by atoms with E-state index in [1.807, 2.05) is 44.2 Å². The van der Waals surface area contributed by atoms with E-state index in [-0.39, 0.29) is 54.9 Å². The molecule has 2 N–H and O–H groups in total. The molecule has 0 fully saturated rings. The van der Waals surface area contributed by atoms with Crippen molar-refractivity contribution < 1.29 is 28.1 Å². The topological polar surface area (TPSA) is 132 Å². The first-order valence-electron chi connectivity index (χ1n) is 13.4. The van der Waals surface area contributed by atoms with Crippen molar-refractivity contribution in [3.05, 3.63) is 70.9 Å². The molecule has 0 saturated heterocycles. The van der Waals surface area contributed by atoms with E-state index >= 15 is 0 Å². The molecule has 0 bridgehead atoms. The second-order valence-electron chi connectivity index (χ2n) is 10.1. The molecule has 0 spiro atoms. The van der Waals surface area contributed by atoms with Gasteiger partial charge in [0.25, 0.3) is 0 Å². The van der Waals surface area contributed by atoms with Gasteiger partial charge in [-0.25, -0.2) is 9.67 Å². The number of nitrogens with zero attached hydrogens (tertiary/aromatic N) is 5. The van der Waals surface area contributed by atoms with Gasteiger partial charge in [0.2, 0.25) is 5.88 Å². The number of aryl methyl sites for hydroxylation is 2. The lowest BCUT2D eigenvalue weighted by Crippen LogP contribution is -2.33. The second-order valence-corrected chi connectivity index (χ2v) is 12.1. The Balaban J connectivity index is 1.55. The lowest BCUT2D eigenvalue weighted by Gasteiger charge is -2.41. The molecule has 0 amide bonds. The number of benzene rings is 2. The van der Waals surface area contributed by atoms with Crippen LogP contribution < -0.4 is 9.47 Å². The van der Waals surface area contributed by atoms with Gasteiger partial charge in [0.05, 0.1) is 26.7 Å². The van der Waals surface area contributed by atoms with Gasteiger partial charge in [-0.2, -0.15) is 4.31 Å². The van der Waals surface area contributed by atoms with Gasteiger partial charge in [-0.05, 0) is 67.3 Å². The maximum absolute atomic E-state index is 12.8. The highest BCUT2D eigenvalue weighted by Crippen LogP contribution is 2.56. The Labute approximate surface area is 240 Å². The average Bonchev–Trinajstić information content (AvgIpc) is 3.28. The zero-order valence-electron chi connectivity index (χ0n) is 23.8. The molecule has 2 aromatic carbocycles. The zero-order valence-corrected chi connectivity index (χ0v) is 24.6. The summed E-state index contributed by atoms with van der Waals surface area (Å²) in [6.45, 7) is 6.45. The quantitative estimate of drug-likeness (QED) is 0.272. The highest BCUT2D eigenvalue weighted by molar-refractivity contribution is 8.22. The number of pyridine rings is 1. The summed E-state index contributed by atoms with van der Waals surface area (Å²) in [6, 6.07) is 13.1. The maximum atomic E-state index is 12.8. The summed E-state index contributed by atoms with van der Waals surface area (Å²) in [6.07, 6.45) is 1.36. The number of rotatable bonds is 8. The van der Waals surface area contributed by atoms with E-state index in [0.717, 1.165) is 27.8 Å². The largest absolute Gasteiger partial charge is 0.494 e. The number of esters is 1. The van der Waals surface area contributed by atoms with Crippen molar-refractivity contribution in [1.82, 2.24) is 24.3 Å².